The van der Waals surface area contributed by atoms with Crippen LogP contribution in [-0.4, -0.2) is 37.2 Å². The number of nitrogens with one attached hydrogen (secondary N) is 1. The van der Waals surface area contributed by atoms with E-state index in [-0.39, 0.29) is 5.91 Å². The summed E-state index contributed by atoms with van der Waals surface area (Å²) < 4.78 is 6.43. The Morgan fingerprint density at radius 1 is 1.24 bits per heavy atom. The molecule has 2 aromatic carbocycles. The Hall–Kier alpha value is -2.44. The van der Waals surface area contributed by atoms with E-state index >= 15 is 0 Å². The Morgan fingerprint density at radius 2 is 2.04 bits per heavy atom. The maximum Gasteiger partial charge on any atom is 0.284 e. The zero-order chi connectivity index (χ0) is 17.2. The fourth-order valence-corrected chi connectivity index (χ4v) is 3.93. The summed E-state index contributed by atoms with van der Waals surface area (Å²) in [6, 6.07) is 15.7. The topological polar surface area (TPSA) is 54.5 Å². The highest BCUT2D eigenvalue weighted by molar-refractivity contribution is 7.20. The van der Waals surface area contributed by atoms with Gasteiger partial charge in [0.05, 0.1) is 16.3 Å². The molecule has 0 saturated carbocycles. The number of hydrogen-bond acceptors (Lipinski definition) is 5. The molecule has 25 heavy (non-hydrogen) atoms. The van der Waals surface area contributed by atoms with Crippen molar-refractivity contribution in [2.24, 2.45) is 0 Å². The number of para-hydroxylation sites is 1. The molecule has 4 rings (SSSR count). The van der Waals surface area contributed by atoms with E-state index in [1.54, 1.807) is 7.11 Å². The quantitative estimate of drug-likeness (QED) is 0.776. The first-order valence-electron chi connectivity index (χ1n) is 8.27. The number of carbonyl (C=O) groups is 1. The van der Waals surface area contributed by atoms with Crippen LogP contribution in [0.3, 0.4) is 0 Å². The van der Waals surface area contributed by atoms with Crippen LogP contribution in [-0.2, 0) is 4.74 Å². The second kappa shape index (κ2) is 6.82. The number of hydrogen-bond donors (Lipinski definition) is 1. The van der Waals surface area contributed by atoms with E-state index in [0.717, 1.165) is 41.1 Å². The highest BCUT2D eigenvalue weighted by Gasteiger charge is 2.22. The van der Waals surface area contributed by atoms with Crippen LogP contribution in [0, 0.1) is 0 Å². The molecule has 1 aromatic heterocycles. The third-order valence-corrected chi connectivity index (χ3v) is 5.49. The van der Waals surface area contributed by atoms with Crippen molar-refractivity contribution >= 4 is 38.8 Å². The van der Waals surface area contributed by atoms with Crippen LogP contribution in [0.15, 0.2) is 48.5 Å². The maximum absolute atomic E-state index is 12.4. The molecular weight excluding hydrogens is 334 g/mol. The van der Waals surface area contributed by atoms with E-state index in [1.165, 1.54) is 11.3 Å². The molecule has 1 saturated heterocycles. The van der Waals surface area contributed by atoms with Gasteiger partial charge in [-0.2, -0.15) is 0 Å². The largest absolute Gasteiger partial charge is 0.380 e. The molecule has 1 aliphatic rings. The van der Waals surface area contributed by atoms with E-state index < -0.39 is 0 Å². The number of methoxy groups -OCH3 is 1. The molecule has 1 N–H and O–H groups in total. The van der Waals surface area contributed by atoms with Gasteiger partial charge in [0.15, 0.2) is 5.01 Å². The Labute approximate surface area is 150 Å². The van der Waals surface area contributed by atoms with E-state index in [0.29, 0.717) is 11.1 Å². The van der Waals surface area contributed by atoms with Crippen molar-refractivity contribution in [2.45, 2.75) is 12.5 Å². The predicted octanol–water partition coefficient (Wildman–Crippen LogP) is 3.77. The third-order valence-electron chi connectivity index (χ3n) is 4.46. The zero-order valence-electron chi connectivity index (χ0n) is 13.9. The molecule has 6 heteroatoms. The average Bonchev–Trinajstić information content (AvgIpc) is 3.29. The van der Waals surface area contributed by atoms with Crippen LogP contribution in [0.25, 0.3) is 10.2 Å². The second-order valence-electron chi connectivity index (χ2n) is 6.08. The summed E-state index contributed by atoms with van der Waals surface area (Å²) in [6.45, 7) is 1.91. The standard InChI is InChI=1S/C19H19N3O2S/c1-24-15-10-11-22(12-15)14-8-6-13(7-9-14)20-18(23)19-21-16-4-2-3-5-17(16)25-19/h2-9,15H,10-12H2,1H3,(H,20,23). The molecule has 0 spiro atoms. The Morgan fingerprint density at radius 3 is 2.76 bits per heavy atom. The lowest BCUT2D eigenvalue weighted by atomic mass is 10.2. The van der Waals surface area contributed by atoms with E-state index in [4.69, 9.17) is 4.74 Å². The molecule has 1 unspecified atom stereocenters. The van der Waals surface area contributed by atoms with Crippen molar-refractivity contribution in [2.75, 3.05) is 30.4 Å². The summed E-state index contributed by atoms with van der Waals surface area (Å²) in [6.07, 6.45) is 1.35. The van der Waals surface area contributed by atoms with Crippen molar-refractivity contribution < 1.29 is 9.53 Å². The Bertz CT molecular complexity index is 858. The van der Waals surface area contributed by atoms with Gasteiger partial charge in [0.1, 0.15) is 0 Å². The summed E-state index contributed by atoms with van der Waals surface area (Å²) in [5.74, 6) is -0.172. The minimum absolute atomic E-state index is 0.172. The minimum Gasteiger partial charge on any atom is -0.380 e. The Balaban J connectivity index is 1.44. The SMILES string of the molecule is COC1CCN(c2ccc(NC(=O)c3nc4ccccc4s3)cc2)C1. The fraction of sp³-hybridized carbons (Fsp3) is 0.263. The highest BCUT2D eigenvalue weighted by Crippen LogP contribution is 2.25. The van der Waals surface area contributed by atoms with Gasteiger partial charge in [0.25, 0.3) is 5.91 Å². The smallest absolute Gasteiger partial charge is 0.284 e. The number of ether oxygens (including phenoxy) is 1. The number of aromatic nitrogens is 1. The molecule has 2 heterocycles. The van der Waals surface area contributed by atoms with Gasteiger partial charge in [0, 0.05) is 31.6 Å². The number of fused-ring (bicyclic) bond motifs is 1. The number of benzene rings is 2. The molecule has 128 valence electrons. The minimum atomic E-state index is -0.172. The lowest BCUT2D eigenvalue weighted by Crippen LogP contribution is -2.22. The highest BCUT2D eigenvalue weighted by atomic mass is 32.1. The number of thiazole rings is 1. The zero-order valence-corrected chi connectivity index (χ0v) is 14.8. The molecule has 1 amide bonds. The summed E-state index contributed by atoms with van der Waals surface area (Å²) in [7, 11) is 1.76. The van der Waals surface area contributed by atoms with Gasteiger partial charge in [-0.05, 0) is 42.8 Å². The lowest BCUT2D eigenvalue weighted by Gasteiger charge is -2.18. The van der Waals surface area contributed by atoms with Gasteiger partial charge in [0.2, 0.25) is 0 Å². The molecule has 3 aromatic rings. The number of amides is 1. The molecule has 1 atom stereocenters. The molecular formula is C19H19N3O2S. The number of anilines is 2. The van der Waals surface area contributed by atoms with Crippen molar-refractivity contribution in [3.05, 3.63) is 53.5 Å². The van der Waals surface area contributed by atoms with Crippen molar-refractivity contribution in [3.8, 4) is 0 Å². The van der Waals surface area contributed by atoms with Crippen molar-refractivity contribution in [3.63, 3.8) is 0 Å². The molecule has 0 bridgehead atoms. The lowest BCUT2D eigenvalue weighted by molar-refractivity contribution is 0.102. The van der Waals surface area contributed by atoms with Gasteiger partial charge in [-0.3, -0.25) is 4.79 Å². The van der Waals surface area contributed by atoms with Crippen LogP contribution in [0.5, 0.6) is 0 Å². The number of rotatable bonds is 4. The van der Waals surface area contributed by atoms with E-state index in [1.807, 2.05) is 48.5 Å². The summed E-state index contributed by atoms with van der Waals surface area (Å²) in [5, 5.41) is 3.40. The second-order valence-corrected chi connectivity index (χ2v) is 7.11. The maximum atomic E-state index is 12.4. The summed E-state index contributed by atoms with van der Waals surface area (Å²) >= 11 is 1.41. The van der Waals surface area contributed by atoms with Crippen LogP contribution in [0.2, 0.25) is 0 Å². The van der Waals surface area contributed by atoms with Crippen molar-refractivity contribution in [1.82, 2.24) is 4.98 Å². The first-order valence-corrected chi connectivity index (χ1v) is 9.09. The third kappa shape index (κ3) is 3.36. The monoisotopic (exact) mass is 353 g/mol. The first kappa shape index (κ1) is 16.1. The van der Waals surface area contributed by atoms with Gasteiger partial charge >= 0.3 is 0 Å². The van der Waals surface area contributed by atoms with Crippen LogP contribution < -0.4 is 10.2 Å². The molecule has 0 aliphatic carbocycles. The van der Waals surface area contributed by atoms with Gasteiger partial charge < -0.3 is 15.0 Å². The van der Waals surface area contributed by atoms with Crippen LogP contribution in [0.1, 0.15) is 16.2 Å². The Kier molecular flexibility index (Phi) is 4.38. The number of nitrogens with zero attached hydrogens (tertiary/aromatic N) is 2. The molecule has 1 aliphatic heterocycles. The van der Waals surface area contributed by atoms with E-state index in [2.05, 4.69) is 15.2 Å². The summed E-state index contributed by atoms with van der Waals surface area (Å²) in [4.78, 5) is 19.1. The van der Waals surface area contributed by atoms with Gasteiger partial charge in [-0.15, -0.1) is 11.3 Å². The molecule has 0 radical (unpaired) electrons. The van der Waals surface area contributed by atoms with Gasteiger partial charge in [-0.25, -0.2) is 4.98 Å². The molecule has 1 fully saturated rings. The van der Waals surface area contributed by atoms with Crippen LogP contribution in [0.4, 0.5) is 11.4 Å². The fourth-order valence-electron chi connectivity index (χ4n) is 3.06. The summed E-state index contributed by atoms with van der Waals surface area (Å²) in [5.41, 5.74) is 2.78. The number of carbonyl (C=O) groups excluding carboxylic acids is 1. The average molecular weight is 353 g/mol. The molecule has 5 nitrogen and oxygen atoms in total. The normalized spacial score (nSPS) is 17.2. The van der Waals surface area contributed by atoms with Crippen molar-refractivity contribution in [1.29, 1.82) is 0 Å². The van der Waals surface area contributed by atoms with Crippen LogP contribution >= 0.6 is 11.3 Å². The predicted molar refractivity (Wildman–Crippen MR) is 102 cm³/mol. The van der Waals surface area contributed by atoms with Gasteiger partial charge in [-0.1, -0.05) is 12.1 Å². The van der Waals surface area contributed by atoms with E-state index in [9.17, 15) is 4.79 Å². The first-order chi connectivity index (χ1) is 12.2.